The Morgan fingerprint density at radius 3 is 2.42 bits per heavy atom. The van der Waals surface area contributed by atoms with Gasteiger partial charge in [-0.15, -0.1) is 24.0 Å². The summed E-state index contributed by atoms with van der Waals surface area (Å²) in [6.07, 6.45) is 4.68. The Morgan fingerprint density at radius 1 is 1.19 bits per heavy atom. The highest BCUT2D eigenvalue weighted by Gasteiger charge is 2.22. The van der Waals surface area contributed by atoms with E-state index >= 15 is 0 Å². The SMILES string of the molecule is CCNC(=NCCCC(=O)NC1CC1)N(C)Cc1ccc(CC)cc1.I. The van der Waals surface area contributed by atoms with E-state index < -0.39 is 0 Å². The van der Waals surface area contributed by atoms with E-state index in [1.54, 1.807) is 0 Å². The van der Waals surface area contributed by atoms with Gasteiger partial charge in [0, 0.05) is 39.1 Å². The molecule has 0 unspecified atom stereocenters. The number of nitrogens with zero attached hydrogens (tertiary/aromatic N) is 2. The minimum atomic E-state index is 0. The van der Waals surface area contributed by atoms with Gasteiger partial charge in [-0.3, -0.25) is 9.79 Å². The molecule has 0 heterocycles. The molecule has 2 rings (SSSR count). The van der Waals surface area contributed by atoms with E-state index in [9.17, 15) is 4.79 Å². The van der Waals surface area contributed by atoms with Gasteiger partial charge in [-0.2, -0.15) is 0 Å². The van der Waals surface area contributed by atoms with Crippen molar-refractivity contribution in [2.45, 2.75) is 58.5 Å². The van der Waals surface area contributed by atoms with Crippen molar-refractivity contribution >= 4 is 35.8 Å². The maximum Gasteiger partial charge on any atom is 0.220 e. The lowest BCUT2D eigenvalue weighted by atomic mass is 10.1. The van der Waals surface area contributed by atoms with Gasteiger partial charge in [0.25, 0.3) is 0 Å². The van der Waals surface area contributed by atoms with Crippen molar-refractivity contribution in [3.05, 3.63) is 35.4 Å². The molecule has 1 aliphatic carbocycles. The molecule has 0 radical (unpaired) electrons. The number of benzene rings is 1. The van der Waals surface area contributed by atoms with Crippen LogP contribution >= 0.6 is 24.0 Å². The van der Waals surface area contributed by atoms with Gasteiger partial charge in [0.1, 0.15) is 0 Å². The van der Waals surface area contributed by atoms with Gasteiger partial charge in [0.2, 0.25) is 5.91 Å². The molecule has 5 nitrogen and oxygen atoms in total. The van der Waals surface area contributed by atoms with Crippen molar-refractivity contribution in [1.29, 1.82) is 0 Å². The lowest BCUT2D eigenvalue weighted by Crippen LogP contribution is -2.38. The molecule has 0 bridgehead atoms. The Bertz CT molecular complexity index is 570. The van der Waals surface area contributed by atoms with Crippen LogP contribution in [-0.2, 0) is 17.8 Å². The van der Waals surface area contributed by atoms with Crippen LogP contribution in [0.5, 0.6) is 0 Å². The molecule has 0 saturated heterocycles. The molecule has 1 amide bonds. The van der Waals surface area contributed by atoms with Gasteiger partial charge in [-0.05, 0) is 43.7 Å². The molecular weight excluding hydrogens is 439 g/mol. The first kappa shape index (κ1) is 22.7. The molecule has 0 aromatic heterocycles. The first-order valence-corrected chi connectivity index (χ1v) is 9.49. The van der Waals surface area contributed by atoms with E-state index in [-0.39, 0.29) is 29.9 Å². The van der Waals surface area contributed by atoms with Crippen molar-refractivity contribution in [2.24, 2.45) is 4.99 Å². The summed E-state index contributed by atoms with van der Waals surface area (Å²) in [5, 5.41) is 6.35. The van der Waals surface area contributed by atoms with Crippen LogP contribution in [0, 0.1) is 0 Å². The molecule has 2 N–H and O–H groups in total. The molecule has 6 heteroatoms. The summed E-state index contributed by atoms with van der Waals surface area (Å²) in [6.45, 7) is 6.56. The zero-order chi connectivity index (χ0) is 18.1. The first-order valence-electron chi connectivity index (χ1n) is 9.49. The zero-order valence-corrected chi connectivity index (χ0v) is 18.6. The van der Waals surface area contributed by atoms with Crippen LogP contribution < -0.4 is 10.6 Å². The van der Waals surface area contributed by atoms with Gasteiger partial charge in [0.15, 0.2) is 5.96 Å². The fraction of sp³-hybridized carbons (Fsp3) is 0.600. The molecule has 0 spiro atoms. The number of nitrogens with one attached hydrogen (secondary N) is 2. The monoisotopic (exact) mass is 472 g/mol. The average Bonchev–Trinajstić information content (AvgIpc) is 3.42. The van der Waals surface area contributed by atoms with Crippen LogP contribution in [0.3, 0.4) is 0 Å². The van der Waals surface area contributed by atoms with Crippen LogP contribution in [0.25, 0.3) is 0 Å². The number of guanidine groups is 1. The van der Waals surface area contributed by atoms with Gasteiger partial charge < -0.3 is 15.5 Å². The number of amides is 1. The average molecular weight is 472 g/mol. The number of hydrogen-bond donors (Lipinski definition) is 2. The number of aryl methyl sites for hydroxylation is 1. The van der Waals surface area contributed by atoms with Gasteiger partial charge in [-0.1, -0.05) is 31.2 Å². The number of aliphatic imine (C=N–C) groups is 1. The maximum absolute atomic E-state index is 11.7. The molecule has 1 aliphatic rings. The minimum Gasteiger partial charge on any atom is -0.357 e. The molecular formula is C20H33IN4O. The molecule has 26 heavy (non-hydrogen) atoms. The van der Waals surface area contributed by atoms with Gasteiger partial charge in [-0.25, -0.2) is 0 Å². The summed E-state index contributed by atoms with van der Waals surface area (Å²) in [7, 11) is 2.05. The minimum absolute atomic E-state index is 0. The molecule has 1 saturated carbocycles. The zero-order valence-electron chi connectivity index (χ0n) is 16.3. The quantitative estimate of drug-likeness (QED) is 0.251. The predicted octanol–water partition coefficient (Wildman–Crippen LogP) is 3.32. The van der Waals surface area contributed by atoms with Crippen molar-refractivity contribution in [3.63, 3.8) is 0 Å². The second kappa shape index (κ2) is 12.1. The molecule has 1 aromatic carbocycles. The summed E-state index contributed by atoms with van der Waals surface area (Å²) in [6, 6.07) is 9.18. The predicted molar refractivity (Wildman–Crippen MR) is 119 cm³/mol. The van der Waals surface area contributed by atoms with E-state index in [1.165, 1.54) is 11.1 Å². The summed E-state index contributed by atoms with van der Waals surface area (Å²) in [5.74, 6) is 1.05. The lowest BCUT2D eigenvalue weighted by Gasteiger charge is -2.22. The molecule has 1 fully saturated rings. The molecule has 1 aromatic rings. The number of halogens is 1. The van der Waals surface area contributed by atoms with E-state index in [2.05, 4.69) is 65.7 Å². The van der Waals surface area contributed by atoms with Crippen molar-refractivity contribution in [2.75, 3.05) is 20.1 Å². The lowest BCUT2D eigenvalue weighted by molar-refractivity contribution is -0.121. The van der Waals surface area contributed by atoms with Crippen LogP contribution in [0.4, 0.5) is 0 Å². The van der Waals surface area contributed by atoms with E-state index in [0.29, 0.717) is 19.0 Å². The molecule has 0 atom stereocenters. The first-order chi connectivity index (χ1) is 12.1. The highest BCUT2D eigenvalue weighted by molar-refractivity contribution is 14.0. The molecule has 146 valence electrons. The normalized spacial score (nSPS) is 13.7. The number of carbonyl (C=O) groups is 1. The summed E-state index contributed by atoms with van der Waals surface area (Å²) < 4.78 is 0. The Labute approximate surface area is 175 Å². The third-order valence-corrected chi connectivity index (χ3v) is 4.31. The van der Waals surface area contributed by atoms with E-state index in [0.717, 1.165) is 44.7 Å². The van der Waals surface area contributed by atoms with Gasteiger partial charge >= 0.3 is 0 Å². The Morgan fingerprint density at radius 2 is 1.85 bits per heavy atom. The highest BCUT2D eigenvalue weighted by atomic mass is 127. The Balaban J connectivity index is 0.00000338. The van der Waals surface area contributed by atoms with Crippen LogP contribution in [0.2, 0.25) is 0 Å². The van der Waals surface area contributed by atoms with E-state index in [4.69, 9.17) is 0 Å². The fourth-order valence-electron chi connectivity index (χ4n) is 2.65. The smallest absolute Gasteiger partial charge is 0.220 e. The van der Waals surface area contributed by atoms with Crippen molar-refractivity contribution < 1.29 is 4.79 Å². The van der Waals surface area contributed by atoms with Crippen LogP contribution in [-0.4, -0.2) is 42.9 Å². The fourth-order valence-corrected chi connectivity index (χ4v) is 2.65. The summed E-state index contributed by atoms with van der Waals surface area (Å²) >= 11 is 0. The maximum atomic E-state index is 11.7. The van der Waals surface area contributed by atoms with E-state index in [1.807, 2.05) is 0 Å². The highest BCUT2D eigenvalue weighted by Crippen LogP contribution is 2.18. The summed E-state index contributed by atoms with van der Waals surface area (Å²) in [5.41, 5.74) is 2.63. The number of hydrogen-bond acceptors (Lipinski definition) is 2. The van der Waals surface area contributed by atoms with Crippen LogP contribution in [0.1, 0.15) is 50.7 Å². The number of rotatable bonds is 9. The number of carbonyl (C=O) groups excluding carboxylic acids is 1. The third kappa shape index (κ3) is 8.38. The van der Waals surface area contributed by atoms with Gasteiger partial charge in [0.05, 0.1) is 0 Å². The standard InChI is InChI=1S/C20H32N4O.HI/c1-4-16-8-10-17(11-9-16)15-24(3)20(21-5-2)22-14-6-7-19(25)23-18-12-13-18;/h8-11,18H,4-7,12-15H2,1-3H3,(H,21,22)(H,23,25);1H. The van der Waals surface area contributed by atoms with Crippen molar-refractivity contribution in [3.8, 4) is 0 Å². The largest absolute Gasteiger partial charge is 0.357 e. The van der Waals surface area contributed by atoms with Crippen LogP contribution in [0.15, 0.2) is 29.3 Å². The molecule has 0 aliphatic heterocycles. The van der Waals surface area contributed by atoms with Crippen molar-refractivity contribution in [1.82, 2.24) is 15.5 Å². The third-order valence-electron chi connectivity index (χ3n) is 4.31. The second-order valence-electron chi connectivity index (χ2n) is 6.71. The summed E-state index contributed by atoms with van der Waals surface area (Å²) in [4.78, 5) is 18.5. The topological polar surface area (TPSA) is 56.7 Å². The second-order valence-corrected chi connectivity index (χ2v) is 6.71. The Hall–Kier alpha value is -1.31. The Kier molecular flexibility index (Phi) is 10.6.